The lowest BCUT2D eigenvalue weighted by Crippen LogP contribution is -2.57. The van der Waals surface area contributed by atoms with E-state index in [1.54, 1.807) is 0 Å². The van der Waals surface area contributed by atoms with Crippen LogP contribution in [0.2, 0.25) is 0 Å². The first kappa shape index (κ1) is 27.5. The zero-order valence-corrected chi connectivity index (χ0v) is 23.3. The maximum Gasteiger partial charge on any atom is 0.226 e. The summed E-state index contributed by atoms with van der Waals surface area (Å²) in [6.45, 7) is 10.1. The number of hydrogen-bond acceptors (Lipinski definition) is 6. The van der Waals surface area contributed by atoms with Gasteiger partial charge >= 0.3 is 0 Å². The lowest BCUT2D eigenvalue weighted by molar-refractivity contribution is -0.147. The van der Waals surface area contributed by atoms with Crippen LogP contribution in [0, 0.1) is 22.7 Å². The third-order valence-electron chi connectivity index (χ3n) is 9.66. The van der Waals surface area contributed by atoms with Crippen molar-refractivity contribution < 1.29 is 19.8 Å². The molecule has 1 aromatic heterocycles. The molecule has 2 aliphatic carbocycles. The Balaban J connectivity index is 1.64. The molecule has 0 bridgehead atoms. The number of aliphatic hydroxyl groups is 2. The van der Waals surface area contributed by atoms with E-state index in [1.165, 1.54) is 11.3 Å². The van der Waals surface area contributed by atoms with Crippen molar-refractivity contribution in [2.24, 2.45) is 22.7 Å². The first-order valence-electron chi connectivity index (χ1n) is 14.0. The molecule has 7 nitrogen and oxygen atoms in total. The van der Waals surface area contributed by atoms with E-state index in [-0.39, 0.29) is 35.7 Å². The maximum absolute atomic E-state index is 13.6. The smallest absolute Gasteiger partial charge is 0.226 e. The van der Waals surface area contributed by atoms with E-state index in [2.05, 4.69) is 26.1 Å². The number of carbonyl (C=O) groups is 2. The van der Waals surface area contributed by atoms with Crippen LogP contribution in [0.25, 0.3) is 0 Å². The predicted octanol–water partition coefficient (Wildman–Crippen LogP) is 4.73. The Kier molecular flexibility index (Phi) is 8.47. The molecule has 2 heterocycles. The summed E-state index contributed by atoms with van der Waals surface area (Å²) in [5.41, 5.74) is 0.0389. The highest BCUT2D eigenvalue weighted by Gasteiger charge is 2.59. The van der Waals surface area contributed by atoms with Gasteiger partial charge in [0.05, 0.1) is 18.4 Å². The number of fused-ring (bicyclic) bond motifs is 2. The second-order valence-corrected chi connectivity index (χ2v) is 13.2. The van der Waals surface area contributed by atoms with Gasteiger partial charge in [-0.15, -0.1) is 11.3 Å². The fraction of sp³-hybridized carbons (Fsp3) is 0.821. The third-order valence-corrected chi connectivity index (χ3v) is 10.7. The number of likely N-dealkylation sites (tertiary alicyclic amines) is 1. The molecule has 1 aliphatic heterocycles. The summed E-state index contributed by atoms with van der Waals surface area (Å²) in [6, 6.07) is 0. The second kappa shape index (κ2) is 11.1. The number of piperidine rings is 1. The molecule has 2 amide bonds. The molecular formula is C28H45N3O4S. The number of amides is 2. The van der Waals surface area contributed by atoms with Gasteiger partial charge in [0, 0.05) is 42.1 Å². The number of aromatic nitrogens is 1. The number of unbranched alkanes of at least 4 members (excludes halogenated alkanes) is 2. The molecule has 1 aromatic rings. The zero-order valence-electron chi connectivity index (χ0n) is 22.5. The van der Waals surface area contributed by atoms with Gasteiger partial charge in [-0.05, 0) is 55.8 Å². The van der Waals surface area contributed by atoms with Crippen molar-refractivity contribution in [2.45, 2.75) is 104 Å². The summed E-state index contributed by atoms with van der Waals surface area (Å²) in [4.78, 5) is 34.1. The van der Waals surface area contributed by atoms with E-state index in [9.17, 15) is 19.8 Å². The van der Waals surface area contributed by atoms with Gasteiger partial charge in [0.2, 0.25) is 11.8 Å². The third kappa shape index (κ3) is 5.23. The number of nitrogens with zero attached hydrogens (tertiary/aromatic N) is 2. The molecule has 1 saturated carbocycles. The summed E-state index contributed by atoms with van der Waals surface area (Å²) in [5, 5.41) is 25.0. The molecule has 1 saturated heterocycles. The molecule has 8 heteroatoms. The van der Waals surface area contributed by atoms with Gasteiger partial charge in [0.15, 0.2) is 5.13 Å². The molecular weight excluding hydrogens is 474 g/mol. The van der Waals surface area contributed by atoms with Crippen molar-refractivity contribution in [1.82, 2.24) is 9.88 Å². The van der Waals surface area contributed by atoms with Crippen LogP contribution in [0.5, 0.6) is 0 Å². The number of carbonyl (C=O) groups excluding carboxylic acids is 2. The molecule has 3 aliphatic rings. The number of thiazole rings is 1. The molecule has 4 rings (SSSR count). The van der Waals surface area contributed by atoms with Crippen LogP contribution in [-0.2, 0) is 16.0 Å². The SMILES string of the molecule is CCCCCC(=O)Nc1nc2c(s1)C[C@@H]1[C@](C)(CO)[C@H](O)CC[C@@]1(C)[C@@H]2CC(=O)N1CCC(C)CC1. The highest BCUT2D eigenvalue weighted by molar-refractivity contribution is 7.15. The highest BCUT2D eigenvalue weighted by Crippen LogP contribution is 2.63. The Morgan fingerprint density at radius 1 is 1.19 bits per heavy atom. The van der Waals surface area contributed by atoms with Crippen molar-refractivity contribution in [3.63, 3.8) is 0 Å². The Hall–Kier alpha value is -1.51. The van der Waals surface area contributed by atoms with Crippen molar-refractivity contribution in [2.75, 3.05) is 25.0 Å². The molecule has 3 N–H and O–H groups in total. The lowest BCUT2D eigenvalue weighted by atomic mass is 9.47. The van der Waals surface area contributed by atoms with E-state index in [0.717, 1.165) is 62.2 Å². The van der Waals surface area contributed by atoms with Gasteiger partial charge in [0.25, 0.3) is 0 Å². The standard InChI is InChI=1S/C28H45N3O4S/c1-5-6-7-8-23(34)29-26-30-25-19(15-24(35)31-13-10-18(2)11-14-31)27(3)12-9-22(33)28(4,17-32)21(27)16-20(25)36-26/h18-19,21-22,32-33H,5-17H2,1-4H3,(H,29,30,34)/t19-,21+,22-,27+,28+/m1/s1. The van der Waals surface area contributed by atoms with E-state index >= 15 is 0 Å². The fourth-order valence-corrected chi connectivity index (χ4v) is 8.06. The minimum atomic E-state index is -0.639. The van der Waals surface area contributed by atoms with Crippen LogP contribution in [0.3, 0.4) is 0 Å². The zero-order chi connectivity index (χ0) is 26.1. The van der Waals surface area contributed by atoms with E-state index in [1.807, 2.05) is 11.8 Å². The molecule has 0 aromatic carbocycles. The summed E-state index contributed by atoms with van der Waals surface area (Å²) in [6.07, 6.45) is 7.46. The average Bonchev–Trinajstić information content (AvgIpc) is 3.25. The van der Waals surface area contributed by atoms with Crippen molar-refractivity contribution in [3.05, 3.63) is 10.6 Å². The minimum Gasteiger partial charge on any atom is -0.396 e. The van der Waals surface area contributed by atoms with Crippen molar-refractivity contribution >= 4 is 28.3 Å². The first-order chi connectivity index (χ1) is 17.1. The van der Waals surface area contributed by atoms with E-state index in [4.69, 9.17) is 4.98 Å². The van der Waals surface area contributed by atoms with Gasteiger partial charge in [-0.2, -0.15) is 0 Å². The summed E-state index contributed by atoms with van der Waals surface area (Å²) >= 11 is 1.51. The Morgan fingerprint density at radius 3 is 2.58 bits per heavy atom. The molecule has 0 unspecified atom stereocenters. The van der Waals surface area contributed by atoms with Crippen molar-refractivity contribution in [1.29, 1.82) is 0 Å². The second-order valence-electron chi connectivity index (χ2n) is 12.1. The van der Waals surface area contributed by atoms with Crippen LogP contribution in [0.15, 0.2) is 0 Å². The summed E-state index contributed by atoms with van der Waals surface area (Å²) in [5.74, 6) is 0.750. The van der Waals surface area contributed by atoms with Crippen LogP contribution < -0.4 is 5.32 Å². The summed E-state index contributed by atoms with van der Waals surface area (Å²) < 4.78 is 0. The Morgan fingerprint density at radius 2 is 1.92 bits per heavy atom. The van der Waals surface area contributed by atoms with Crippen LogP contribution in [0.1, 0.15) is 102 Å². The number of nitrogens with one attached hydrogen (secondary N) is 1. The molecule has 2 fully saturated rings. The van der Waals surface area contributed by atoms with E-state index in [0.29, 0.717) is 36.7 Å². The minimum absolute atomic E-state index is 0.0103. The predicted molar refractivity (Wildman–Crippen MR) is 143 cm³/mol. The summed E-state index contributed by atoms with van der Waals surface area (Å²) in [7, 11) is 0. The van der Waals surface area contributed by atoms with Crippen LogP contribution in [0.4, 0.5) is 5.13 Å². The van der Waals surface area contributed by atoms with Crippen LogP contribution in [-0.4, -0.2) is 57.7 Å². The van der Waals surface area contributed by atoms with Crippen LogP contribution >= 0.6 is 11.3 Å². The molecule has 5 atom stereocenters. The lowest BCUT2D eigenvalue weighted by Gasteiger charge is -2.58. The number of aliphatic hydroxyl groups excluding tert-OH is 2. The monoisotopic (exact) mass is 519 g/mol. The quantitative estimate of drug-likeness (QED) is 0.431. The maximum atomic E-state index is 13.6. The van der Waals surface area contributed by atoms with Gasteiger partial charge in [0.1, 0.15) is 0 Å². The van der Waals surface area contributed by atoms with Gasteiger partial charge in [-0.3, -0.25) is 9.59 Å². The number of rotatable bonds is 8. The molecule has 0 spiro atoms. The topological polar surface area (TPSA) is 103 Å². The molecule has 0 radical (unpaired) electrons. The molecule has 36 heavy (non-hydrogen) atoms. The van der Waals surface area contributed by atoms with Gasteiger partial charge in [-0.1, -0.05) is 40.5 Å². The van der Waals surface area contributed by atoms with Gasteiger partial charge in [-0.25, -0.2) is 4.98 Å². The number of hydrogen-bond donors (Lipinski definition) is 3. The normalized spacial score (nSPS) is 32.6. The number of anilines is 1. The molecule has 202 valence electrons. The average molecular weight is 520 g/mol. The van der Waals surface area contributed by atoms with Crippen molar-refractivity contribution in [3.8, 4) is 0 Å². The Bertz CT molecular complexity index is 943. The Labute approximate surface area is 220 Å². The largest absolute Gasteiger partial charge is 0.396 e. The van der Waals surface area contributed by atoms with E-state index < -0.39 is 11.5 Å². The van der Waals surface area contributed by atoms with Gasteiger partial charge < -0.3 is 20.4 Å². The first-order valence-corrected chi connectivity index (χ1v) is 14.8. The fourth-order valence-electron chi connectivity index (χ4n) is 6.98. The highest BCUT2D eigenvalue weighted by atomic mass is 32.1.